The molecule has 1 saturated heterocycles. The molecule has 0 amide bonds. The lowest BCUT2D eigenvalue weighted by Gasteiger charge is -2.30. The Kier molecular flexibility index (Phi) is 4.91. The number of hydrogen-bond donors (Lipinski definition) is 0. The van der Waals surface area contributed by atoms with Crippen LogP contribution in [0.3, 0.4) is 0 Å². The molecular weight excluding hydrogens is 213 g/mol. The molecule has 5 radical (unpaired) electrons. The van der Waals surface area contributed by atoms with Crippen LogP contribution in [0, 0.1) is 0 Å². The largest absolute Gasteiger partial charge is 0.483 e. The Labute approximate surface area is 93.3 Å². The molecule has 2 unspecified atom stereocenters. The molecule has 0 aromatic rings. The highest BCUT2D eigenvalue weighted by atomic mass is 31.2. The predicted octanol–water partition coefficient (Wildman–Crippen LogP) is 0.683. The van der Waals surface area contributed by atoms with Crippen molar-refractivity contribution < 1.29 is 18.6 Å². The SMILES string of the molecule is [B][C@H]1CC(OP([B-])(=O)CC)[C@@H](COC)O1. The van der Waals surface area contributed by atoms with Crippen LogP contribution in [-0.4, -0.2) is 53.5 Å². The van der Waals surface area contributed by atoms with Gasteiger partial charge in [0.15, 0.2) is 0 Å². The molecule has 1 fully saturated rings. The van der Waals surface area contributed by atoms with E-state index >= 15 is 0 Å². The van der Waals surface area contributed by atoms with Gasteiger partial charge in [-0.2, -0.15) is 0 Å². The van der Waals surface area contributed by atoms with Gasteiger partial charge in [-0.3, -0.25) is 0 Å². The van der Waals surface area contributed by atoms with Crippen molar-refractivity contribution in [3.05, 3.63) is 0 Å². The molecule has 1 heterocycles. The van der Waals surface area contributed by atoms with Gasteiger partial charge in [-0.15, -0.1) is 0 Å². The van der Waals surface area contributed by atoms with E-state index in [1.54, 1.807) is 14.0 Å². The highest BCUT2D eigenvalue weighted by Gasteiger charge is 2.34. The van der Waals surface area contributed by atoms with Crippen molar-refractivity contribution in [2.75, 3.05) is 19.9 Å². The standard InChI is InChI=1S/C8H15B2O4P/c1-3-15(10,11)14-6-4-8(9)13-7(6)5-12-2/h6-8H,3-5H2,1-2H3/q-1/t6?,7-,8-,15?/m1/s1. The summed E-state index contributed by atoms with van der Waals surface area (Å²) >= 11 is 0. The molecule has 0 N–H and O–H groups in total. The fourth-order valence-electron chi connectivity index (χ4n) is 1.47. The van der Waals surface area contributed by atoms with E-state index < -0.39 is 13.3 Å². The van der Waals surface area contributed by atoms with Gasteiger partial charge >= 0.3 is 0 Å². The zero-order valence-electron chi connectivity index (χ0n) is 9.09. The summed E-state index contributed by atoms with van der Waals surface area (Å²) in [6, 6.07) is -0.396. The molecule has 0 aliphatic carbocycles. The normalized spacial score (nSPS) is 35.3. The molecule has 15 heavy (non-hydrogen) atoms. The van der Waals surface area contributed by atoms with E-state index in [1.807, 2.05) is 0 Å². The smallest absolute Gasteiger partial charge is 0.109 e. The lowest BCUT2D eigenvalue weighted by molar-refractivity contribution is -0.00911. The third-order valence-electron chi connectivity index (χ3n) is 2.31. The van der Waals surface area contributed by atoms with Gasteiger partial charge in [-0.25, -0.2) is 0 Å². The summed E-state index contributed by atoms with van der Waals surface area (Å²) in [6.07, 6.45) is 0.178. The fourth-order valence-corrected chi connectivity index (χ4v) is 2.30. The van der Waals surface area contributed by atoms with Gasteiger partial charge in [0.1, 0.15) is 14.0 Å². The van der Waals surface area contributed by atoms with E-state index in [0.29, 0.717) is 19.2 Å². The monoisotopic (exact) mass is 228 g/mol. The summed E-state index contributed by atoms with van der Waals surface area (Å²) in [5, 5.41) is 0. The van der Waals surface area contributed by atoms with Crippen LogP contribution in [-0.2, 0) is 18.6 Å². The minimum Gasteiger partial charge on any atom is -0.483 e. The molecule has 0 aromatic heterocycles. The van der Waals surface area contributed by atoms with Gasteiger partial charge in [-0.1, -0.05) is 14.2 Å². The Morgan fingerprint density at radius 2 is 2.33 bits per heavy atom. The molecule has 0 saturated carbocycles. The van der Waals surface area contributed by atoms with Crippen LogP contribution < -0.4 is 0 Å². The maximum Gasteiger partial charge on any atom is 0.109 e. The van der Waals surface area contributed by atoms with Crippen molar-refractivity contribution in [3.63, 3.8) is 0 Å². The minimum absolute atomic E-state index is 0.284. The highest BCUT2D eigenvalue weighted by Crippen LogP contribution is 2.44. The fraction of sp³-hybridized carbons (Fsp3) is 1.00. The first-order valence-corrected chi connectivity index (χ1v) is 6.82. The molecule has 1 aliphatic rings. The van der Waals surface area contributed by atoms with Crippen LogP contribution in [0.5, 0.6) is 0 Å². The minimum atomic E-state index is -3.00. The second kappa shape index (κ2) is 5.53. The Morgan fingerprint density at radius 1 is 1.67 bits per heavy atom. The van der Waals surface area contributed by atoms with Crippen LogP contribution >= 0.6 is 7.25 Å². The van der Waals surface area contributed by atoms with Crippen LogP contribution in [0.2, 0.25) is 0 Å². The molecular formula is C8H15B2O4P-. The highest BCUT2D eigenvalue weighted by molar-refractivity contribution is 7.83. The maximum atomic E-state index is 11.6. The maximum absolute atomic E-state index is 11.6. The zero-order chi connectivity index (χ0) is 11.5. The second-order valence-corrected chi connectivity index (χ2v) is 5.89. The molecule has 1 aliphatic heterocycles. The third kappa shape index (κ3) is 3.95. The van der Waals surface area contributed by atoms with E-state index in [-0.39, 0.29) is 12.2 Å². The third-order valence-corrected chi connectivity index (χ3v) is 3.82. The first-order chi connectivity index (χ1) is 6.98. The summed E-state index contributed by atoms with van der Waals surface area (Å²) in [4.78, 5) is 0. The first-order valence-electron chi connectivity index (χ1n) is 4.94. The molecule has 4 atom stereocenters. The zero-order valence-corrected chi connectivity index (χ0v) is 9.98. The molecule has 0 spiro atoms. The second-order valence-electron chi connectivity index (χ2n) is 3.59. The van der Waals surface area contributed by atoms with Crippen molar-refractivity contribution >= 4 is 22.7 Å². The predicted molar refractivity (Wildman–Crippen MR) is 59.7 cm³/mol. The quantitative estimate of drug-likeness (QED) is 0.512. The Hall–Kier alpha value is 0.240. The van der Waals surface area contributed by atoms with Gasteiger partial charge in [0.05, 0.1) is 12.7 Å². The van der Waals surface area contributed by atoms with Gasteiger partial charge in [0.25, 0.3) is 0 Å². The van der Waals surface area contributed by atoms with E-state index in [0.717, 1.165) is 0 Å². The molecule has 1 rings (SSSR count). The van der Waals surface area contributed by atoms with E-state index in [9.17, 15) is 4.57 Å². The molecule has 7 heteroatoms. The van der Waals surface area contributed by atoms with E-state index in [2.05, 4.69) is 0 Å². The van der Waals surface area contributed by atoms with Crippen LogP contribution in [0.25, 0.3) is 0 Å². The van der Waals surface area contributed by atoms with Gasteiger partial charge in [0, 0.05) is 13.1 Å². The molecule has 0 aromatic carbocycles. The van der Waals surface area contributed by atoms with E-state index in [4.69, 9.17) is 29.4 Å². The Balaban J connectivity index is 2.55. The summed E-state index contributed by atoms with van der Waals surface area (Å²) < 4.78 is 27.3. The first kappa shape index (κ1) is 13.3. The lowest BCUT2D eigenvalue weighted by Crippen LogP contribution is -2.28. The van der Waals surface area contributed by atoms with Crippen LogP contribution in [0.1, 0.15) is 13.3 Å². The average Bonchev–Trinajstić information content (AvgIpc) is 2.47. The van der Waals surface area contributed by atoms with Crippen molar-refractivity contribution in [2.45, 2.75) is 31.6 Å². The summed E-state index contributed by atoms with van der Waals surface area (Å²) in [6.45, 7) is 2.09. The molecule has 0 bridgehead atoms. The van der Waals surface area contributed by atoms with Crippen molar-refractivity contribution in [1.82, 2.24) is 0 Å². The van der Waals surface area contributed by atoms with Gasteiger partial charge in [-0.05, 0) is 12.6 Å². The summed E-state index contributed by atoms with van der Waals surface area (Å²) in [7, 11) is 9.67. The number of methoxy groups -OCH3 is 1. The van der Waals surface area contributed by atoms with Gasteiger partial charge in [0.2, 0.25) is 0 Å². The topological polar surface area (TPSA) is 44.8 Å². The Morgan fingerprint density at radius 3 is 2.87 bits per heavy atom. The van der Waals surface area contributed by atoms with Gasteiger partial charge < -0.3 is 26.1 Å². The Bertz CT molecular complexity index is 251. The summed E-state index contributed by atoms with van der Waals surface area (Å²) in [5.41, 5.74) is 0. The van der Waals surface area contributed by atoms with Crippen molar-refractivity contribution in [1.29, 1.82) is 0 Å². The van der Waals surface area contributed by atoms with Crippen molar-refractivity contribution in [3.8, 4) is 0 Å². The average molecular weight is 228 g/mol. The van der Waals surface area contributed by atoms with Crippen LogP contribution in [0.4, 0.5) is 0 Å². The number of ether oxygens (including phenoxy) is 2. The van der Waals surface area contributed by atoms with Crippen molar-refractivity contribution in [2.24, 2.45) is 0 Å². The molecule has 4 nitrogen and oxygen atoms in total. The summed E-state index contributed by atoms with van der Waals surface area (Å²) in [5.74, 6) is 0. The number of rotatable bonds is 5. The molecule has 83 valence electrons. The number of hydrogen-bond acceptors (Lipinski definition) is 4. The lowest BCUT2D eigenvalue weighted by atomic mass is 9.96. The van der Waals surface area contributed by atoms with E-state index in [1.165, 1.54) is 0 Å². The van der Waals surface area contributed by atoms with Crippen LogP contribution in [0.15, 0.2) is 0 Å².